The highest BCUT2D eigenvalue weighted by Gasteiger charge is 2.29. The van der Waals surface area contributed by atoms with Crippen molar-refractivity contribution in [1.82, 2.24) is 4.98 Å². The van der Waals surface area contributed by atoms with E-state index in [0.717, 1.165) is 25.3 Å². The van der Waals surface area contributed by atoms with E-state index in [1.54, 1.807) is 0 Å². The maximum atomic E-state index is 13.6. The summed E-state index contributed by atoms with van der Waals surface area (Å²) in [6, 6.07) is 0.784. The molecule has 0 aliphatic heterocycles. The maximum Gasteiger partial charge on any atom is 0.168 e. The lowest BCUT2D eigenvalue weighted by molar-refractivity contribution is 0.0166. The van der Waals surface area contributed by atoms with Crippen LogP contribution in [0.15, 0.2) is 6.07 Å². The van der Waals surface area contributed by atoms with Crippen LogP contribution in [0.3, 0.4) is 0 Å². The van der Waals surface area contributed by atoms with Crippen molar-refractivity contribution in [3.8, 4) is 0 Å². The molecule has 1 aliphatic carbocycles. The Morgan fingerprint density at radius 3 is 2.47 bits per heavy atom. The topological polar surface area (TPSA) is 57.2 Å². The summed E-state index contributed by atoms with van der Waals surface area (Å²) in [5.41, 5.74) is -0.819. The number of halogens is 2. The highest BCUT2D eigenvalue weighted by Crippen LogP contribution is 2.28. The van der Waals surface area contributed by atoms with Crippen LogP contribution in [0.25, 0.3) is 0 Å². The Bertz CT molecular complexity index is 448. The van der Waals surface area contributed by atoms with Gasteiger partial charge < -0.3 is 15.7 Å². The van der Waals surface area contributed by atoms with Gasteiger partial charge in [-0.25, -0.2) is 13.8 Å². The Hall–Kier alpha value is -1.43. The minimum absolute atomic E-state index is 0.0143. The minimum Gasteiger partial charge on any atom is -0.388 e. The third-order valence-corrected chi connectivity index (χ3v) is 3.54. The van der Waals surface area contributed by atoms with Gasteiger partial charge in [0.15, 0.2) is 23.3 Å². The van der Waals surface area contributed by atoms with E-state index in [2.05, 4.69) is 15.6 Å². The zero-order valence-corrected chi connectivity index (χ0v) is 11.0. The van der Waals surface area contributed by atoms with Crippen molar-refractivity contribution in [1.29, 1.82) is 0 Å². The molecule has 2 rings (SSSR count). The van der Waals surface area contributed by atoms with Crippen molar-refractivity contribution in [3.63, 3.8) is 0 Å². The van der Waals surface area contributed by atoms with E-state index in [1.807, 2.05) is 0 Å². The van der Waals surface area contributed by atoms with Crippen LogP contribution < -0.4 is 10.6 Å². The number of hydrogen-bond acceptors (Lipinski definition) is 4. The average Bonchev–Trinajstić information content (AvgIpc) is 2.39. The van der Waals surface area contributed by atoms with Gasteiger partial charge in [-0.2, -0.15) is 0 Å². The van der Waals surface area contributed by atoms with E-state index in [1.165, 1.54) is 7.05 Å². The smallest absolute Gasteiger partial charge is 0.168 e. The number of anilines is 2. The molecular formula is C13H19F2N3O. The molecule has 0 atom stereocenters. The molecular weight excluding hydrogens is 252 g/mol. The molecule has 0 unspecified atom stereocenters. The second-order valence-electron chi connectivity index (χ2n) is 5.04. The van der Waals surface area contributed by atoms with Gasteiger partial charge in [0, 0.05) is 19.7 Å². The molecule has 1 aliphatic rings. The number of aromatic nitrogens is 1. The van der Waals surface area contributed by atoms with E-state index in [0.29, 0.717) is 12.8 Å². The van der Waals surface area contributed by atoms with Crippen LogP contribution >= 0.6 is 0 Å². The zero-order chi connectivity index (χ0) is 13.9. The van der Waals surface area contributed by atoms with Crippen molar-refractivity contribution in [2.45, 2.75) is 37.7 Å². The molecule has 0 amide bonds. The lowest BCUT2D eigenvalue weighted by Gasteiger charge is -2.32. The third kappa shape index (κ3) is 3.32. The molecule has 19 heavy (non-hydrogen) atoms. The Balaban J connectivity index is 2.06. The van der Waals surface area contributed by atoms with Crippen LogP contribution in [0.4, 0.5) is 20.4 Å². The van der Waals surface area contributed by atoms with E-state index < -0.39 is 17.2 Å². The van der Waals surface area contributed by atoms with Crippen LogP contribution in [-0.4, -0.2) is 29.3 Å². The monoisotopic (exact) mass is 271 g/mol. The minimum atomic E-state index is -0.819. The van der Waals surface area contributed by atoms with Gasteiger partial charge in [-0.05, 0) is 12.8 Å². The summed E-state index contributed by atoms with van der Waals surface area (Å²) in [6.45, 7) is 0.228. The average molecular weight is 271 g/mol. The predicted molar refractivity (Wildman–Crippen MR) is 70.2 cm³/mol. The molecule has 6 heteroatoms. The molecule has 1 saturated carbocycles. The summed E-state index contributed by atoms with van der Waals surface area (Å²) in [5.74, 6) is -1.54. The largest absolute Gasteiger partial charge is 0.388 e. The Labute approximate surface area is 111 Å². The van der Waals surface area contributed by atoms with Gasteiger partial charge in [-0.1, -0.05) is 19.3 Å². The first-order valence-corrected chi connectivity index (χ1v) is 6.54. The highest BCUT2D eigenvalue weighted by atomic mass is 19.1. The van der Waals surface area contributed by atoms with Crippen molar-refractivity contribution < 1.29 is 13.9 Å². The number of hydrogen-bond donors (Lipinski definition) is 3. The summed E-state index contributed by atoms with van der Waals surface area (Å²) < 4.78 is 26.8. The van der Waals surface area contributed by atoms with Crippen molar-refractivity contribution >= 4 is 11.6 Å². The van der Waals surface area contributed by atoms with Crippen molar-refractivity contribution in [3.05, 3.63) is 17.7 Å². The van der Waals surface area contributed by atoms with Gasteiger partial charge in [0.05, 0.1) is 5.60 Å². The fourth-order valence-electron chi connectivity index (χ4n) is 2.40. The number of nitrogens with one attached hydrogen (secondary N) is 2. The second kappa shape index (κ2) is 5.69. The van der Waals surface area contributed by atoms with Crippen LogP contribution in [0, 0.1) is 11.6 Å². The number of rotatable bonds is 4. The van der Waals surface area contributed by atoms with Crippen LogP contribution in [0.1, 0.15) is 32.1 Å². The third-order valence-electron chi connectivity index (χ3n) is 3.54. The van der Waals surface area contributed by atoms with Gasteiger partial charge in [-0.3, -0.25) is 0 Å². The summed E-state index contributed by atoms with van der Waals surface area (Å²) >= 11 is 0. The Morgan fingerprint density at radius 1 is 1.21 bits per heavy atom. The molecule has 0 spiro atoms. The second-order valence-corrected chi connectivity index (χ2v) is 5.04. The fourth-order valence-corrected chi connectivity index (χ4v) is 2.40. The molecule has 0 saturated heterocycles. The number of pyridine rings is 1. The molecule has 1 aromatic heterocycles. The summed E-state index contributed by atoms with van der Waals surface area (Å²) in [4.78, 5) is 3.82. The molecule has 106 valence electrons. The summed E-state index contributed by atoms with van der Waals surface area (Å²) in [6.07, 6.45) is 4.46. The first-order chi connectivity index (χ1) is 9.04. The van der Waals surface area contributed by atoms with Crippen molar-refractivity contribution in [2.75, 3.05) is 24.2 Å². The first kappa shape index (κ1) is 14.0. The van der Waals surface area contributed by atoms with Gasteiger partial charge in [0.25, 0.3) is 0 Å². The molecule has 0 radical (unpaired) electrons. The van der Waals surface area contributed by atoms with Crippen LogP contribution in [-0.2, 0) is 0 Å². The fraction of sp³-hybridized carbons (Fsp3) is 0.615. The molecule has 3 N–H and O–H groups in total. The highest BCUT2D eigenvalue weighted by molar-refractivity contribution is 5.47. The van der Waals surface area contributed by atoms with E-state index in [4.69, 9.17) is 0 Å². The van der Waals surface area contributed by atoms with E-state index in [9.17, 15) is 13.9 Å². The number of aliphatic hydroxyl groups is 1. The normalized spacial score (nSPS) is 18.1. The number of nitrogens with zero attached hydrogens (tertiary/aromatic N) is 1. The molecule has 0 bridgehead atoms. The lowest BCUT2D eigenvalue weighted by atomic mass is 9.85. The predicted octanol–water partition coefficient (Wildman–Crippen LogP) is 2.51. The van der Waals surface area contributed by atoms with Crippen LogP contribution in [0.2, 0.25) is 0 Å². The van der Waals surface area contributed by atoms with Gasteiger partial charge in [0.2, 0.25) is 0 Å². The maximum absolute atomic E-state index is 13.6. The lowest BCUT2D eigenvalue weighted by Crippen LogP contribution is -2.39. The molecule has 1 fully saturated rings. The van der Waals surface area contributed by atoms with Crippen LogP contribution in [0.5, 0.6) is 0 Å². The van der Waals surface area contributed by atoms with Gasteiger partial charge in [-0.15, -0.1) is 0 Å². The van der Waals surface area contributed by atoms with E-state index >= 15 is 0 Å². The molecule has 4 nitrogen and oxygen atoms in total. The standard InChI is InChI=1S/C13H19F2N3O/c1-16-11-9(14)7-10(15)12(18-11)17-8-13(19)5-3-2-4-6-13/h7,19H,2-6,8H2,1H3,(H2,16,17,18). The molecule has 1 heterocycles. The summed E-state index contributed by atoms with van der Waals surface area (Å²) in [5, 5.41) is 15.6. The van der Waals surface area contributed by atoms with E-state index in [-0.39, 0.29) is 18.2 Å². The quantitative estimate of drug-likeness (QED) is 0.787. The van der Waals surface area contributed by atoms with Crippen molar-refractivity contribution in [2.24, 2.45) is 0 Å². The molecule has 0 aromatic carbocycles. The molecule has 1 aromatic rings. The van der Waals surface area contributed by atoms with Gasteiger partial charge in [0.1, 0.15) is 0 Å². The SMILES string of the molecule is CNc1nc(NCC2(O)CCCCC2)c(F)cc1F. The summed E-state index contributed by atoms with van der Waals surface area (Å²) in [7, 11) is 1.52. The Kier molecular flexibility index (Phi) is 4.19. The first-order valence-electron chi connectivity index (χ1n) is 6.54. The Morgan fingerprint density at radius 2 is 1.84 bits per heavy atom. The van der Waals surface area contributed by atoms with Gasteiger partial charge >= 0.3 is 0 Å². The zero-order valence-electron chi connectivity index (χ0n) is 11.0.